The monoisotopic (exact) mass is 293 g/mol. The Balaban J connectivity index is 1.83. The molecule has 1 aromatic rings. The molecule has 1 fully saturated rings. The van der Waals surface area contributed by atoms with Crippen molar-refractivity contribution in [3.63, 3.8) is 0 Å². The van der Waals surface area contributed by atoms with Crippen LogP contribution in [0.2, 0.25) is 0 Å². The number of hydrogen-bond acceptors (Lipinski definition) is 3. The third kappa shape index (κ3) is 3.88. The second kappa shape index (κ2) is 5.48. The van der Waals surface area contributed by atoms with Crippen molar-refractivity contribution in [1.29, 1.82) is 0 Å². The Labute approximate surface area is 126 Å². The highest BCUT2D eigenvalue weighted by Crippen LogP contribution is 2.47. The number of furan rings is 1. The Morgan fingerprint density at radius 3 is 2.52 bits per heavy atom. The summed E-state index contributed by atoms with van der Waals surface area (Å²) in [4.78, 5) is 12.0. The average molecular weight is 293 g/mol. The fourth-order valence-corrected chi connectivity index (χ4v) is 2.25. The molecule has 0 bridgehead atoms. The summed E-state index contributed by atoms with van der Waals surface area (Å²) < 4.78 is 5.80. The highest BCUT2D eigenvalue weighted by atomic mass is 16.3. The van der Waals surface area contributed by atoms with E-state index in [0.29, 0.717) is 18.8 Å². The van der Waals surface area contributed by atoms with Crippen LogP contribution in [-0.2, 0) is 11.2 Å². The number of rotatable bonds is 6. The molecule has 0 aliphatic heterocycles. The first-order chi connectivity index (χ1) is 9.60. The number of carbonyl (C=O) groups is 1. The van der Waals surface area contributed by atoms with Crippen LogP contribution in [0.15, 0.2) is 16.5 Å². The largest absolute Gasteiger partial charge is 0.466 e. The van der Waals surface area contributed by atoms with Gasteiger partial charge in [0.25, 0.3) is 0 Å². The summed E-state index contributed by atoms with van der Waals surface area (Å²) in [6.45, 7) is 9.26. The molecule has 0 saturated heterocycles. The van der Waals surface area contributed by atoms with Gasteiger partial charge in [0, 0.05) is 18.8 Å². The molecule has 1 heterocycles. The third-order valence-electron chi connectivity index (χ3n) is 4.74. The van der Waals surface area contributed by atoms with E-state index in [-0.39, 0.29) is 5.91 Å². The molecule has 2 N–H and O–H groups in total. The molecule has 0 aromatic carbocycles. The van der Waals surface area contributed by atoms with Gasteiger partial charge in [-0.25, -0.2) is 0 Å². The van der Waals surface area contributed by atoms with Gasteiger partial charge in [0.15, 0.2) is 0 Å². The maximum absolute atomic E-state index is 12.0. The molecule has 2 atom stereocenters. The van der Waals surface area contributed by atoms with Crippen molar-refractivity contribution in [2.75, 3.05) is 0 Å². The summed E-state index contributed by atoms with van der Waals surface area (Å²) in [5, 5.41) is 12.9. The number of aryl methyl sites for hydroxylation is 1. The predicted octanol–water partition coefficient (Wildman–Crippen LogP) is 3.00. The first-order valence-corrected chi connectivity index (χ1v) is 7.72. The quantitative estimate of drug-likeness (QED) is 0.847. The first-order valence-electron chi connectivity index (χ1n) is 7.72. The van der Waals surface area contributed by atoms with Crippen molar-refractivity contribution < 1.29 is 14.3 Å². The topological polar surface area (TPSA) is 62.5 Å². The van der Waals surface area contributed by atoms with Crippen molar-refractivity contribution in [3.8, 4) is 0 Å². The lowest BCUT2D eigenvalue weighted by Crippen LogP contribution is -2.57. The van der Waals surface area contributed by atoms with Crippen LogP contribution >= 0.6 is 0 Å². The maximum atomic E-state index is 12.0. The van der Waals surface area contributed by atoms with Gasteiger partial charge in [-0.3, -0.25) is 4.79 Å². The van der Waals surface area contributed by atoms with Gasteiger partial charge in [0.1, 0.15) is 11.5 Å². The van der Waals surface area contributed by atoms with E-state index in [9.17, 15) is 9.90 Å². The van der Waals surface area contributed by atoms with Crippen LogP contribution < -0.4 is 5.32 Å². The van der Waals surface area contributed by atoms with Crippen LogP contribution in [0.1, 0.15) is 64.9 Å². The second-order valence-electron chi connectivity index (χ2n) is 7.36. The van der Waals surface area contributed by atoms with E-state index < -0.39 is 11.1 Å². The molecule has 0 radical (unpaired) electrons. The molecule has 4 heteroatoms. The molecule has 1 aliphatic carbocycles. The van der Waals surface area contributed by atoms with Crippen molar-refractivity contribution in [2.45, 2.75) is 70.9 Å². The lowest BCUT2D eigenvalue weighted by atomic mass is 9.86. The summed E-state index contributed by atoms with van der Waals surface area (Å²) >= 11 is 0. The zero-order chi connectivity index (χ0) is 15.8. The second-order valence-corrected chi connectivity index (χ2v) is 7.36. The molecular formula is C17H27NO3. The molecule has 2 unspecified atom stereocenters. The van der Waals surface area contributed by atoms with Crippen LogP contribution in [0, 0.1) is 5.92 Å². The molecule has 1 aliphatic rings. The lowest BCUT2D eigenvalue weighted by Gasteiger charge is -2.38. The van der Waals surface area contributed by atoms with E-state index >= 15 is 0 Å². The van der Waals surface area contributed by atoms with Crippen LogP contribution in [0.3, 0.4) is 0 Å². The van der Waals surface area contributed by atoms with Crippen molar-refractivity contribution in [2.24, 2.45) is 5.92 Å². The number of amides is 1. The van der Waals surface area contributed by atoms with Crippen LogP contribution in [-0.4, -0.2) is 22.2 Å². The first kappa shape index (κ1) is 16.1. The minimum atomic E-state index is -0.970. The normalized spacial score (nSPS) is 22.2. The summed E-state index contributed by atoms with van der Waals surface area (Å²) in [5.41, 5.74) is -1.63. The number of aliphatic hydroxyl groups is 1. The van der Waals surface area contributed by atoms with Gasteiger partial charge in [0.2, 0.25) is 5.91 Å². The van der Waals surface area contributed by atoms with E-state index in [1.54, 1.807) is 13.8 Å². The van der Waals surface area contributed by atoms with Gasteiger partial charge >= 0.3 is 0 Å². The van der Waals surface area contributed by atoms with Crippen molar-refractivity contribution >= 4 is 5.91 Å². The zero-order valence-electron chi connectivity index (χ0n) is 13.7. The minimum absolute atomic E-state index is 0.0696. The Hall–Kier alpha value is -1.29. The number of carbonyl (C=O) groups excluding carboxylic acids is 1. The van der Waals surface area contributed by atoms with Crippen LogP contribution in [0.25, 0.3) is 0 Å². The molecule has 1 aromatic heterocycles. The highest BCUT2D eigenvalue weighted by Gasteiger charge is 2.37. The SMILES string of the molecule is CC1CC1c1ccc(CCC(=O)NC(C)(C)C(C)(C)O)o1. The van der Waals surface area contributed by atoms with Crippen LogP contribution in [0.4, 0.5) is 0 Å². The van der Waals surface area contributed by atoms with Gasteiger partial charge in [-0.15, -0.1) is 0 Å². The number of nitrogens with one attached hydrogen (secondary N) is 1. The molecule has 0 spiro atoms. The van der Waals surface area contributed by atoms with Gasteiger partial charge < -0.3 is 14.8 Å². The number of hydrogen-bond donors (Lipinski definition) is 2. The molecule has 1 amide bonds. The molecule has 21 heavy (non-hydrogen) atoms. The van der Waals surface area contributed by atoms with Crippen LogP contribution in [0.5, 0.6) is 0 Å². The van der Waals surface area contributed by atoms with E-state index in [1.807, 2.05) is 26.0 Å². The molecule has 118 valence electrons. The van der Waals surface area contributed by atoms with Gasteiger partial charge in [-0.05, 0) is 52.2 Å². The summed E-state index contributed by atoms with van der Waals surface area (Å²) in [7, 11) is 0. The van der Waals surface area contributed by atoms with E-state index in [4.69, 9.17) is 4.42 Å². The Bertz CT molecular complexity index is 510. The van der Waals surface area contributed by atoms with Crippen molar-refractivity contribution in [1.82, 2.24) is 5.32 Å². The molecule has 1 saturated carbocycles. The fraction of sp³-hybridized carbons (Fsp3) is 0.706. The molecule has 4 nitrogen and oxygen atoms in total. The van der Waals surface area contributed by atoms with E-state index in [2.05, 4.69) is 12.2 Å². The zero-order valence-corrected chi connectivity index (χ0v) is 13.7. The summed E-state index contributed by atoms with van der Waals surface area (Å²) in [6.07, 6.45) is 2.16. The summed E-state index contributed by atoms with van der Waals surface area (Å²) in [6, 6.07) is 4.00. The Kier molecular flexibility index (Phi) is 4.20. The average Bonchev–Trinajstić information content (AvgIpc) is 2.88. The van der Waals surface area contributed by atoms with Gasteiger partial charge in [-0.2, -0.15) is 0 Å². The van der Waals surface area contributed by atoms with E-state index in [0.717, 1.165) is 17.4 Å². The summed E-state index contributed by atoms with van der Waals surface area (Å²) in [5.74, 6) is 3.14. The van der Waals surface area contributed by atoms with Gasteiger partial charge in [0.05, 0.1) is 11.1 Å². The van der Waals surface area contributed by atoms with Crippen molar-refractivity contribution in [3.05, 3.63) is 23.7 Å². The standard InChI is InChI=1S/C17H27NO3/c1-11-10-13(11)14-8-6-12(21-14)7-9-15(19)18-16(2,3)17(4,5)20/h6,8,11,13,20H,7,9-10H2,1-5H3,(H,18,19). The van der Waals surface area contributed by atoms with Gasteiger partial charge in [-0.1, -0.05) is 6.92 Å². The predicted molar refractivity (Wildman–Crippen MR) is 82.1 cm³/mol. The lowest BCUT2D eigenvalue weighted by molar-refractivity contribution is -0.126. The third-order valence-corrected chi connectivity index (χ3v) is 4.74. The fourth-order valence-electron chi connectivity index (χ4n) is 2.25. The maximum Gasteiger partial charge on any atom is 0.220 e. The molecule has 2 rings (SSSR count). The smallest absolute Gasteiger partial charge is 0.220 e. The highest BCUT2D eigenvalue weighted by molar-refractivity contribution is 5.77. The van der Waals surface area contributed by atoms with E-state index in [1.165, 1.54) is 6.42 Å². The molecular weight excluding hydrogens is 266 g/mol. The minimum Gasteiger partial charge on any atom is -0.466 e. The Morgan fingerprint density at radius 2 is 2.00 bits per heavy atom. The Morgan fingerprint density at radius 1 is 1.38 bits per heavy atom.